The molecule has 0 atom stereocenters. The molecule has 0 aliphatic carbocycles. The van der Waals surface area contributed by atoms with Gasteiger partial charge in [0.1, 0.15) is 0 Å². The Bertz CT molecular complexity index is 514. The zero-order chi connectivity index (χ0) is 13.0. The van der Waals surface area contributed by atoms with Gasteiger partial charge in [0, 0.05) is 40.5 Å². The maximum Gasteiger partial charge on any atom is 0.408 e. The molecule has 0 saturated heterocycles. The highest BCUT2D eigenvalue weighted by molar-refractivity contribution is 14.1. The molecule has 0 bridgehead atoms. The largest absolute Gasteiger partial charge is 0.408 e. The van der Waals surface area contributed by atoms with Crippen LogP contribution >= 0.6 is 22.6 Å². The molecule has 0 aliphatic rings. The highest BCUT2D eigenvalue weighted by Gasteiger charge is 2.24. The molecule has 5 heteroatoms. The van der Waals surface area contributed by atoms with Crippen LogP contribution in [-0.4, -0.2) is 9.10 Å². The van der Waals surface area contributed by atoms with Crippen LogP contribution in [0.25, 0.3) is 11.1 Å². The summed E-state index contributed by atoms with van der Waals surface area (Å²) in [5.74, 6) is 0. The van der Waals surface area contributed by atoms with Crippen LogP contribution in [0.2, 0.25) is 0 Å². The molecule has 1 heterocycles. The molecular weight excluding hydrogens is 351 g/mol. The fourth-order valence-electron chi connectivity index (χ4n) is 1.61. The molecule has 0 amide bonds. The first-order valence-corrected chi connectivity index (χ1v) is 6.33. The van der Waals surface area contributed by atoms with Crippen molar-refractivity contribution < 1.29 is 13.5 Å². The lowest BCUT2D eigenvalue weighted by Gasteiger charge is -2.12. The van der Waals surface area contributed by atoms with E-state index in [0.29, 0.717) is 5.56 Å². The zero-order valence-corrected chi connectivity index (χ0v) is 11.5. The number of benzene rings is 1. The van der Waals surface area contributed by atoms with Crippen LogP contribution < -0.4 is 0 Å². The maximum atomic E-state index is 12.7. The summed E-state index contributed by atoms with van der Waals surface area (Å²) in [7, 11) is 0. The number of alkyl halides is 3. The van der Waals surface area contributed by atoms with Gasteiger partial charge in [-0.3, -0.25) is 4.98 Å². The Morgan fingerprint density at radius 3 is 2.61 bits per heavy atom. The fourth-order valence-corrected chi connectivity index (χ4v) is 1.77. The Hall–Kier alpha value is -1.08. The highest BCUT2D eigenvalue weighted by Crippen LogP contribution is 2.28. The van der Waals surface area contributed by atoms with Crippen LogP contribution in [-0.2, 0) is 11.3 Å². The number of ether oxygens (including phenoxy) is 1. The third kappa shape index (κ3) is 3.71. The van der Waals surface area contributed by atoms with Gasteiger partial charge in [0.25, 0.3) is 0 Å². The average molecular weight is 361 g/mol. The molecule has 0 spiro atoms. The summed E-state index contributed by atoms with van der Waals surface area (Å²) in [4.78, 5) is 4.02. The van der Waals surface area contributed by atoms with Gasteiger partial charge >= 0.3 is 4.12 Å². The second-order valence-electron chi connectivity index (χ2n) is 3.63. The van der Waals surface area contributed by atoms with E-state index < -0.39 is 4.12 Å². The molecule has 2 rings (SSSR count). The van der Waals surface area contributed by atoms with Crippen LogP contribution in [0.1, 0.15) is 5.56 Å². The molecule has 2 nitrogen and oxygen atoms in total. The maximum absolute atomic E-state index is 12.7. The third-order valence-electron chi connectivity index (χ3n) is 2.38. The highest BCUT2D eigenvalue weighted by atomic mass is 127. The summed E-state index contributed by atoms with van der Waals surface area (Å²) >= 11 is 0.962. The van der Waals surface area contributed by atoms with E-state index in [2.05, 4.69) is 9.72 Å². The number of nitrogens with zero attached hydrogens (tertiary/aromatic N) is 1. The van der Waals surface area contributed by atoms with Gasteiger partial charge in [-0.15, -0.1) is 0 Å². The number of rotatable bonds is 4. The summed E-state index contributed by atoms with van der Waals surface area (Å²) in [5.41, 5.74) is 2.45. The molecule has 1 aromatic carbocycles. The monoisotopic (exact) mass is 361 g/mol. The van der Waals surface area contributed by atoms with Crippen molar-refractivity contribution in [2.75, 3.05) is 0 Å². The first kappa shape index (κ1) is 13.4. The summed E-state index contributed by atoms with van der Waals surface area (Å²) in [6.07, 6.45) is 3.36. The molecule has 0 saturated carbocycles. The Kier molecular flexibility index (Phi) is 4.23. The van der Waals surface area contributed by atoms with Crippen LogP contribution in [0.3, 0.4) is 0 Å². The molecule has 94 valence electrons. The van der Waals surface area contributed by atoms with Gasteiger partial charge in [-0.1, -0.05) is 30.3 Å². The molecular formula is C13H10F2INO. The summed E-state index contributed by atoms with van der Waals surface area (Å²) in [6, 6.07) is 11.0. The van der Waals surface area contributed by atoms with E-state index in [1.165, 1.54) is 0 Å². The number of halogens is 3. The quantitative estimate of drug-likeness (QED) is 0.600. The molecule has 18 heavy (non-hydrogen) atoms. The van der Waals surface area contributed by atoms with Gasteiger partial charge in [-0.25, -0.2) is 0 Å². The smallest absolute Gasteiger partial charge is 0.307 e. The average Bonchev–Trinajstić information content (AvgIpc) is 2.37. The lowest BCUT2D eigenvalue weighted by atomic mass is 10.0. The van der Waals surface area contributed by atoms with Crippen molar-refractivity contribution in [2.24, 2.45) is 0 Å². The minimum absolute atomic E-state index is 0.138. The Morgan fingerprint density at radius 2 is 1.94 bits per heavy atom. The lowest BCUT2D eigenvalue weighted by Crippen LogP contribution is -2.10. The van der Waals surface area contributed by atoms with Gasteiger partial charge in [0.05, 0.1) is 6.61 Å². The van der Waals surface area contributed by atoms with Crippen molar-refractivity contribution in [3.8, 4) is 11.1 Å². The predicted molar refractivity (Wildman–Crippen MR) is 73.4 cm³/mol. The van der Waals surface area contributed by atoms with E-state index in [1.807, 2.05) is 18.2 Å². The second-order valence-corrected chi connectivity index (χ2v) is 4.89. The molecule has 0 fully saturated rings. The Morgan fingerprint density at radius 1 is 1.17 bits per heavy atom. The van der Waals surface area contributed by atoms with Crippen LogP contribution in [0.4, 0.5) is 8.78 Å². The van der Waals surface area contributed by atoms with Gasteiger partial charge in [-0.05, 0) is 17.2 Å². The standard InChI is InChI=1S/C13H10F2INO/c14-13(15,16)18-9-11-4-1-2-6-12(11)10-5-3-7-17-8-10/h1-8H,9H2. The third-order valence-corrected chi connectivity index (χ3v) is 2.69. The van der Waals surface area contributed by atoms with Crippen molar-refractivity contribution in [3.05, 3.63) is 54.4 Å². The van der Waals surface area contributed by atoms with Gasteiger partial charge in [0.15, 0.2) is 0 Å². The number of pyridine rings is 1. The van der Waals surface area contributed by atoms with Gasteiger partial charge in [-0.2, -0.15) is 8.78 Å². The fraction of sp³-hybridized carbons (Fsp3) is 0.154. The van der Waals surface area contributed by atoms with E-state index in [9.17, 15) is 8.78 Å². The number of hydrogen-bond acceptors (Lipinski definition) is 2. The molecule has 0 unspecified atom stereocenters. The van der Waals surface area contributed by atoms with Gasteiger partial charge in [0.2, 0.25) is 0 Å². The van der Waals surface area contributed by atoms with Crippen molar-refractivity contribution >= 4 is 22.6 Å². The van der Waals surface area contributed by atoms with Crippen molar-refractivity contribution in [2.45, 2.75) is 10.7 Å². The first-order valence-electron chi connectivity index (χ1n) is 5.25. The SMILES string of the molecule is FC(F)(I)OCc1ccccc1-c1cccnc1. The van der Waals surface area contributed by atoms with E-state index in [4.69, 9.17) is 0 Å². The number of aromatic nitrogens is 1. The minimum Gasteiger partial charge on any atom is -0.307 e. The lowest BCUT2D eigenvalue weighted by molar-refractivity contribution is -0.154. The van der Waals surface area contributed by atoms with E-state index in [1.54, 1.807) is 30.6 Å². The summed E-state index contributed by atoms with van der Waals surface area (Å²) in [5, 5.41) is 0. The van der Waals surface area contributed by atoms with Crippen LogP contribution in [0.15, 0.2) is 48.8 Å². The van der Waals surface area contributed by atoms with Crippen molar-refractivity contribution in [1.29, 1.82) is 0 Å². The normalized spacial score (nSPS) is 11.5. The Balaban J connectivity index is 2.27. The van der Waals surface area contributed by atoms with E-state index >= 15 is 0 Å². The first-order chi connectivity index (χ1) is 8.56. The zero-order valence-electron chi connectivity index (χ0n) is 9.32. The number of hydrogen-bond donors (Lipinski definition) is 0. The topological polar surface area (TPSA) is 22.1 Å². The molecule has 0 N–H and O–H groups in total. The molecule has 2 aromatic rings. The second kappa shape index (κ2) is 5.71. The Labute approximate surface area is 117 Å². The van der Waals surface area contributed by atoms with E-state index in [0.717, 1.165) is 33.7 Å². The van der Waals surface area contributed by atoms with E-state index in [-0.39, 0.29) is 6.61 Å². The van der Waals surface area contributed by atoms with Crippen LogP contribution in [0, 0.1) is 0 Å². The van der Waals surface area contributed by atoms with Crippen molar-refractivity contribution in [3.63, 3.8) is 0 Å². The van der Waals surface area contributed by atoms with Crippen molar-refractivity contribution in [1.82, 2.24) is 4.98 Å². The predicted octanol–water partition coefficient (Wildman–Crippen LogP) is 4.25. The summed E-state index contributed by atoms with van der Waals surface area (Å²) in [6.45, 7) is -0.138. The van der Waals surface area contributed by atoms with Crippen LogP contribution in [0.5, 0.6) is 0 Å². The molecule has 0 aliphatic heterocycles. The molecule has 1 aromatic heterocycles. The van der Waals surface area contributed by atoms with Gasteiger partial charge < -0.3 is 4.74 Å². The minimum atomic E-state index is -3.15. The molecule has 0 radical (unpaired) electrons. The summed E-state index contributed by atoms with van der Waals surface area (Å²) < 4.78 is 26.7.